The lowest BCUT2D eigenvalue weighted by atomic mass is 9.70. The molecule has 1 amide bonds. The van der Waals surface area contributed by atoms with Crippen molar-refractivity contribution < 1.29 is 26.4 Å². The summed E-state index contributed by atoms with van der Waals surface area (Å²) in [6.07, 6.45) is 2.09. The quantitative estimate of drug-likeness (QED) is 0.425. The maximum atomic E-state index is 13.7. The molecule has 0 radical (unpaired) electrons. The zero-order valence-corrected chi connectivity index (χ0v) is 21.3. The average Bonchev–Trinajstić information content (AvgIpc) is 3.05. The highest BCUT2D eigenvalue weighted by atomic mass is 35.5. The second-order valence-electron chi connectivity index (χ2n) is 8.11. The second kappa shape index (κ2) is 8.74. The number of nitrogens with one attached hydrogen (secondary N) is 3. The number of hydrogen-bond acceptors (Lipinski definition) is 6. The van der Waals surface area contributed by atoms with E-state index in [-0.39, 0.29) is 5.91 Å². The molecule has 4 rings (SSSR count). The van der Waals surface area contributed by atoms with Crippen molar-refractivity contribution in [2.45, 2.75) is 5.41 Å². The van der Waals surface area contributed by atoms with Crippen LogP contribution in [0.2, 0.25) is 5.02 Å². The van der Waals surface area contributed by atoms with Crippen LogP contribution in [0.25, 0.3) is 0 Å². The van der Waals surface area contributed by atoms with Gasteiger partial charge < -0.3 is 10.1 Å². The van der Waals surface area contributed by atoms with Gasteiger partial charge in [0.25, 0.3) is 0 Å². The minimum Gasteiger partial charge on any atom is -0.493 e. The van der Waals surface area contributed by atoms with Crippen LogP contribution in [0.4, 0.5) is 17.1 Å². The van der Waals surface area contributed by atoms with Gasteiger partial charge in [-0.25, -0.2) is 16.8 Å². The maximum Gasteiger partial charge on any atom is 0.244 e. The van der Waals surface area contributed by atoms with Crippen LogP contribution in [-0.4, -0.2) is 42.4 Å². The molecule has 35 heavy (non-hydrogen) atoms. The number of amides is 1. The van der Waals surface area contributed by atoms with Gasteiger partial charge in [-0.1, -0.05) is 41.9 Å². The zero-order chi connectivity index (χ0) is 25.6. The van der Waals surface area contributed by atoms with Crippen molar-refractivity contribution >= 4 is 54.6 Å². The lowest BCUT2D eigenvalue weighted by molar-refractivity contribution is -0.118. The highest BCUT2D eigenvalue weighted by Gasteiger charge is 2.51. The zero-order valence-electron chi connectivity index (χ0n) is 18.9. The summed E-state index contributed by atoms with van der Waals surface area (Å²) in [5.41, 5.74) is 1.44. The number of benzene rings is 3. The summed E-state index contributed by atoms with van der Waals surface area (Å²) in [6.45, 7) is 0. The number of fused-ring (bicyclic) bond motifs is 1. The topological polar surface area (TPSA) is 131 Å². The van der Waals surface area contributed by atoms with E-state index in [1.165, 1.54) is 7.11 Å². The third-order valence-electron chi connectivity index (χ3n) is 5.54. The van der Waals surface area contributed by atoms with Crippen molar-refractivity contribution in [2.24, 2.45) is 0 Å². The van der Waals surface area contributed by atoms with E-state index < -0.39 is 25.5 Å². The predicted octanol–water partition coefficient (Wildman–Crippen LogP) is 3.38. The molecule has 0 aromatic heterocycles. The van der Waals surface area contributed by atoms with E-state index in [4.69, 9.17) is 16.3 Å². The van der Waals surface area contributed by atoms with E-state index in [1.54, 1.807) is 60.7 Å². The van der Waals surface area contributed by atoms with Gasteiger partial charge in [-0.05, 0) is 41.5 Å². The van der Waals surface area contributed by atoms with Crippen molar-refractivity contribution in [3.05, 3.63) is 82.4 Å². The van der Waals surface area contributed by atoms with Gasteiger partial charge in [0.05, 0.1) is 30.3 Å². The van der Waals surface area contributed by atoms with Gasteiger partial charge in [-0.3, -0.25) is 14.2 Å². The van der Waals surface area contributed by atoms with Crippen LogP contribution in [0.15, 0.2) is 60.7 Å². The van der Waals surface area contributed by atoms with E-state index in [0.29, 0.717) is 44.5 Å². The van der Waals surface area contributed by atoms with Gasteiger partial charge in [0.15, 0.2) is 5.75 Å². The fourth-order valence-electron chi connectivity index (χ4n) is 4.27. The largest absolute Gasteiger partial charge is 0.493 e. The monoisotopic (exact) mass is 535 g/mol. The minimum absolute atomic E-state index is 0.310. The van der Waals surface area contributed by atoms with E-state index in [2.05, 4.69) is 14.8 Å². The molecule has 0 unspecified atom stereocenters. The van der Waals surface area contributed by atoms with Crippen LogP contribution >= 0.6 is 11.6 Å². The maximum absolute atomic E-state index is 13.7. The summed E-state index contributed by atoms with van der Waals surface area (Å²) < 4.78 is 56.8. The Morgan fingerprint density at radius 1 is 0.800 bits per heavy atom. The molecule has 1 heterocycles. The summed E-state index contributed by atoms with van der Waals surface area (Å²) in [7, 11) is -5.52. The van der Waals surface area contributed by atoms with Crippen molar-refractivity contribution in [1.29, 1.82) is 0 Å². The Morgan fingerprint density at radius 2 is 1.26 bits per heavy atom. The molecule has 9 nitrogen and oxygen atoms in total. The van der Waals surface area contributed by atoms with Crippen molar-refractivity contribution in [3.8, 4) is 5.75 Å². The third-order valence-corrected chi connectivity index (χ3v) is 7.05. The highest BCUT2D eigenvalue weighted by Crippen LogP contribution is 2.52. The number of carbonyl (C=O) groups is 1. The van der Waals surface area contributed by atoms with Crippen LogP contribution in [-0.2, 0) is 30.3 Å². The first-order valence-electron chi connectivity index (χ1n) is 10.2. The van der Waals surface area contributed by atoms with Crippen LogP contribution in [0.1, 0.15) is 16.7 Å². The molecule has 1 aliphatic heterocycles. The molecule has 0 fully saturated rings. The summed E-state index contributed by atoms with van der Waals surface area (Å²) in [4.78, 5) is 13.7. The summed E-state index contributed by atoms with van der Waals surface area (Å²) in [5, 5.41) is 3.20. The third kappa shape index (κ3) is 4.66. The number of carbonyl (C=O) groups excluding carboxylic acids is 1. The smallest absolute Gasteiger partial charge is 0.244 e. The lowest BCUT2D eigenvalue weighted by Crippen LogP contribution is -2.37. The Kier molecular flexibility index (Phi) is 6.20. The van der Waals surface area contributed by atoms with E-state index in [0.717, 1.165) is 12.5 Å². The number of methoxy groups -OCH3 is 1. The fourth-order valence-corrected chi connectivity index (χ4v) is 5.63. The normalized spacial score (nSPS) is 14.7. The molecule has 0 bridgehead atoms. The lowest BCUT2D eigenvalue weighted by Gasteiger charge is -2.29. The number of ether oxygens (including phenoxy) is 1. The minimum atomic E-state index is -3.49. The summed E-state index contributed by atoms with van der Waals surface area (Å²) >= 11 is 6.30. The first kappa shape index (κ1) is 24.8. The van der Waals surface area contributed by atoms with Crippen LogP contribution in [0.5, 0.6) is 5.75 Å². The molecule has 3 aromatic carbocycles. The van der Waals surface area contributed by atoms with Crippen LogP contribution in [0.3, 0.4) is 0 Å². The predicted molar refractivity (Wildman–Crippen MR) is 136 cm³/mol. The van der Waals surface area contributed by atoms with Gasteiger partial charge in [0.1, 0.15) is 5.41 Å². The van der Waals surface area contributed by atoms with Crippen LogP contribution in [0, 0.1) is 0 Å². The van der Waals surface area contributed by atoms with Gasteiger partial charge in [0, 0.05) is 16.9 Å². The van der Waals surface area contributed by atoms with Crippen molar-refractivity contribution in [2.75, 3.05) is 34.4 Å². The Hall–Kier alpha value is -3.28. The Labute approximate surface area is 208 Å². The Balaban J connectivity index is 1.94. The van der Waals surface area contributed by atoms with Gasteiger partial charge >= 0.3 is 0 Å². The Morgan fingerprint density at radius 3 is 1.66 bits per heavy atom. The highest BCUT2D eigenvalue weighted by molar-refractivity contribution is 7.92. The molecule has 0 atom stereocenters. The van der Waals surface area contributed by atoms with Crippen molar-refractivity contribution in [1.82, 2.24) is 0 Å². The number of sulfonamides is 2. The Bertz CT molecular complexity index is 1440. The molecule has 0 saturated carbocycles. The molecule has 0 spiro atoms. The fraction of sp³-hybridized carbons (Fsp3) is 0.174. The van der Waals surface area contributed by atoms with Gasteiger partial charge in [0.2, 0.25) is 26.0 Å². The van der Waals surface area contributed by atoms with Crippen molar-refractivity contribution in [3.63, 3.8) is 0 Å². The van der Waals surface area contributed by atoms with Gasteiger partial charge in [-0.2, -0.15) is 0 Å². The van der Waals surface area contributed by atoms with E-state index in [1.807, 2.05) is 0 Å². The standard InChI is InChI=1S/C23H22ClN3O6S2/c1-33-21-19(24)13-12-18-20(21)25-22(28)23(18,14-4-8-16(9-5-14)26-34(2,29)30)15-6-10-17(11-7-15)27-35(3,31)32/h4-13,26-27H,1-3H3,(H,25,28). The number of hydrogen-bond donors (Lipinski definition) is 3. The molecule has 184 valence electrons. The molecule has 0 saturated heterocycles. The number of halogens is 1. The van der Waals surface area contributed by atoms with E-state index >= 15 is 0 Å². The molecule has 0 aliphatic carbocycles. The second-order valence-corrected chi connectivity index (χ2v) is 12.0. The number of rotatable bonds is 7. The molecule has 3 N–H and O–H groups in total. The first-order valence-corrected chi connectivity index (χ1v) is 14.4. The average molecular weight is 536 g/mol. The summed E-state index contributed by atoms with van der Waals surface area (Å²) in [6, 6.07) is 16.3. The first-order chi connectivity index (χ1) is 16.3. The van der Waals surface area contributed by atoms with E-state index in [9.17, 15) is 21.6 Å². The molecular weight excluding hydrogens is 514 g/mol. The summed E-state index contributed by atoms with van der Waals surface area (Å²) in [5.74, 6) is -0.0640. The SMILES string of the molecule is COc1c(Cl)ccc2c1NC(=O)C2(c1ccc(NS(C)(=O)=O)cc1)c1ccc(NS(C)(=O)=O)cc1. The molecular formula is C23H22ClN3O6S2. The molecule has 12 heteroatoms. The molecule has 3 aromatic rings. The molecule has 1 aliphatic rings. The number of anilines is 3. The van der Waals surface area contributed by atoms with Crippen LogP contribution < -0.4 is 19.5 Å². The van der Waals surface area contributed by atoms with Gasteiger partial charge in [-0.15, -0.1) is 0 Å².